The minimum absolute atomic E-state index is 0.239. The summed E-state index contributed by atoms with van der Waals surface area (Å²) in [5, 5.41) is 0. The Hall–Kier alpha value is -1.65. The lowest BCUT2D eigenvalue weighted by Gasteiger charge is -2.08. The third-order valence-electron chi connectivity index (χ3n) is 1.51. The van der Waals surface area contributed by atoms with E-state index in [0.717, 1.165) is 5.56 Å². The number of ether oxygens (including phenoxy) is 2. The maximum atomic E-state index is 11.8. The van der Waals surface area contributed by atoms with Crippen LogP contribution in [0.4, 0.5) is 13.2 Å². The second-order valence-electron chi connectivity index (χ2n) is 2.66. The molecule has 0 N–H and O–H groups in total. The molecule has 0 amide bonds. The van der Waals surface area contributed by atoms with Crippen molar-refractivity contribution in [1.82, 2.24) is 0 Å². The fraction of sp³-hybridized carbons (Fsp3) is 0.200. The molecule has 1 aromatic carbocycles. The van der Waals surface area contributed by atoms with Crippen LogP contribution < -0.4 is 4.74 Å². The molecule has 2 nitrogen and oxygen atoms in total. The number of hydrogen-bond donors (Lipinski definition) is 0. The highest BCUT2D eigenvalue weighted by Crippen LogP contribution is 2.22. The standard InChI is InChI=1S/C10H9F3O2/c1-14-7-6-8-2-4-9(5-3-8)15-10(11,12)13/h2-7H,1H3/b7-6+. The monoisotopic (exact) mass is 218 g/mol. The third-order valence-corrected chi connectivity index (χ3v) is 1.51. The van der Waals surface area contributed by atoms with Crippen LogP contribution in [0.1, 0.15) is 5.56 Å². The van der Waals surface area contributed by atoms with Crippen molar-refractivity contribution in [2.24, 2.45) is 0 Å². The van der Waals surface area contributed by atoms with Crippen LogP contribution in [0.15, 0.2) is 30.5 Å². The van der Waals surface area contributed by atoms with Crippen LogP contribution in [0.5, 0.6) is 5.75 Å². The van der Waals surface area contributed by atoms with Crippen LogP contribution in [0.3, 0.4) is 0 Å². The van der Waals surface area contributed by atoms with E-state index in [1.807, 2.05) is 0 Å². The average molecular weight is 218 g/mol. The highest BCUT2D eigenvalue weighted by molar-refractivity contribution is 5.49. The topological polar surface area (TPSA) is 18.5 Å². The average Bonchev–Trinajstić information content (AvgIpc) is 2.14. The van der Waals surface area contributed by atoms with Gasteiger partial charge in [0.25, 0.3) is 0 Å². The summed E-state index contributed by atoms with van der Waals surface area (Å²) in [5.41, 5.74) is 0.728. The Bertz CT molecular complexity index is 328. The minimum Gasteiger partial charge on any atom is -0.504 e. The summed E-state index contributed by atoms with van der Waals surface area (Å²) < 4.78 is 43.7. The van der Waals surface area contributed by atoms with Crippen LogP contribution in [-0.4, -0.2) is 13.5 Å². The molecule has 0 heterocycles. The smallest absolute Gasteiger partial charge is 0.504 e. The number of hydrogen-bond acceptors (Lipinski definition) is 2. The van der Waals surface area contributed by atoms with Gasteiger partial charge in [-0.05, 0) is 23.8 Å². The summed E-state index contributed by atoms with van der Waals surface area (Å²) in [6.07, 6.45) is -1.60. The second kappa shape index (κ2) is 4.72. The quantitative estimate of drug-likeness (QED) is 0.725. The van der Waals surface area contributed by atoms with E-state index >= 15 is 0 Å². The lowest BCUT2D eigenvalue weighted by molar-refractivity contribution is -0.274. The number of methoxy groups -OCH3 is 1. The zero-order valence-corrected chi connectivity index (χ0v) is 7.91. The van der Waals surface area contributed by atoms with E-state index in [0.29, 0.717) is 0 Å². The SMILES string of the molecule is CO/C=C/c1ccc(OC(F)(F)F)cc1. The Morgan fingerprint density at radius 2 is 1.73 bits per heavy atom. The molecule has 0 fully saturated rings. The number of halogens is 3. The molecule has 1 aromatic rings. The third kappa shape index (κ3) is 4.39. The van der Waals surface area contributed by atoms with Crippen molar-refractivity contribution in [3.05, 3.63) is 36.1 Å². The Morgan fingerprint density at radius 1 is 1.13 bits per heavy atom. The Labute approximate surface area is 84.9 Å². The van der Waals surface area contributed by atoms with Gasteiger partial charge in [0.2, 0.25) is 0 Å². The second-order valence-corrected chi connectivity index (χ2v) is 2.66. The van der Waals surface area contributed by atoms with Gasteiger partial charge in [-0.3, -0.25) is 0 Å². The Kier molecular flexibility index (Phi) is 3.60. The summed E-state index contributed by atoms with van der Waals surface area (Å²) in [5.74, 6) is -0.239. The first kappa shape index (κ1) is 11.4. The first-order valence-electron chi connectivity index (χ1n) is 4.06. The largest absolute Gasteiger partial charge is 0.573 e. The molecule has 0 atom stereocenters. The van der Waals surface area contributed by atoms with Crippen LogP contribution in [-0.2, 0) is 4.74 Å². The van der Waals surface area contributed by atoms with Crippen molar-refractivity contribution in [3.8, 4) is 5.75 Å². The van der Waals surface area contributed by atoms with E-state index in [-0.39, 0.29) is 5.75 Å². The van der Waals surface area contributed by atoms with Crippen molar-refractivity contribution in [2.45, 2.75) is 6.36 Å². The van der Waals surface area contributed by atoms with E-state index in [9.17, 15) is 13.2 Å². The van der Waals surface area contributed by atoms with Crippen molar-refractivity contribution in [3.63, 3.8) is 0 Å². The predicted octanol–water partition coefficient (Wildman–Crippen LogP) is 3.20. The lowest BCUT2D eigenvalue weighted by Crippen LogP contribution is -2.16. The van der Waals surface area contributed by atoms with Crippen molar-refractivity contribution >= 4 is 6.08 Å². The Balaban J connectivity index is 2.68. The van der Waals surface area contributed by atoms with Gasteiger partial charge in [0.15, 0.2) is 0 Å². The molecule has 0 aromatic heterocycles. The molecular formula is C10H9F3O2. The molecule has 0 aliphatic rings. The molecule has 15 heavy (non-hydrogen) atoms. The number of rotatable bonds is 3. The molecule has 0 aliphatic carbocycles. The normalized spacial score (nSPS) is 11.7. The number of benzene rings is 1. The van der Waals surface area contributed by atoms with E-state index in [2.05, 4.69) is 9.47 Å². The van der Waals surface area contributed by atoms with Crippen LogP contribution >= 0.6 is 0 Å². The molecule has 0 saturated carbocycles. The van der Waals surface area contributed by atoms with Gasteiger partial charge in [0, 0.05) is 0 Å². The number of alkyl halides is 3. The van der Waals surface area contributed by atoms with E-state index in [1.165, 1.54) is 37.6 Å². The van der Waals surface area contributed by atoms with Gasteiger partial charge in [-0.2, -0.15) is 0 Å². The van der Waals surface area contributed by atoms with Gasteiger partial charge >= 0.3 is 6.36 Å². The molecule has 0 radical (unpaired) electrons. The van der Waals surface area contributed by atoms with Crippen LogP contribution in [0.25, 0.3) is 6.08 Å². The van der Waals surface area contributed by atoms with Gasteiger partial charge in [-0.1, -0.05) is 12.1 Å². The summed E-state index contributed by atoms with van der Waals surface area (Å²) >= 11 is 0. The summed E-state index contributed by atoms with van der Waals surface area (Å²) in [6, 6.07) is 5.47. The molecule has 0 bridgehead atoms. The van der Waals surface area contributed by atoms with Crippen molar-refractivity contribution in [2.75, 3.05) is 7.11 Å². The maximum absolute atomic E-state index is 11.8. The molecule has 1 rings (SSSR count). The molecule has 82 valence electrons. The zero-order chi connectivity index (χ0) is 11.3. The fourth-order valence-electron chi connectivity index (χ4n) is 0.927. The Morgan fingerprint density at radius 3 is 2.20 bits per heavy atom. The van der Waals surface area contributed by atoms with Gasteiger partial charge in [0.1, 0.15) is 5.75 Å². The summed E-state index contributed by atoms with van der Waals surface area (Å²) in [4.78, 5) is 0. The first-order valence-corrected chi connectivity index (χ1v) is 4.06. The molecule has 0 spiro atoms. The first-order chi connectivity index (χ1) is 7.01. The van der Waals surface area contributed by atoms with E-state index in [1.54, 1.807) is 6.08 Å². The predicted molar refractivity (Wildman–Crippen MR) is 49.2 cm³/mol. The van der Waals surface area contributed by atoms with Gasteiger partial charge in [0.05, 0.1) is 13.4 Å². The van der Waals surface area contributed by atoms with E-state index < -0.39 is 6.36 Å². The van der Waals surface area contributed by atoms with Gasteiger partial charge < -0.3 is 9.47 Å². The highest BCUT2D eigenvalue weighted by Gasteiger charge is 2.30. The molecular weight excluding hydrogens is 209 g/mol. The van der Waals surface area contributed by atoms with E-state index in [4.69, 9.17) is 0 Å². The van der Waals surface area contributed by atoms with Crippen LogP contribution in [0.2, 0.25) is 0 Å². The minimum atomic E-state index is -4.65. The summed E-state index contributed by atoms with van der Waals surface area (Å²) in [7, 11) is 1.48. The maximum Gasteiger partial charge on any atom is 0.573 e. The lowest BCUT2D eigenvalue weighted by atomic mass is 10.2. The molecule has 5 heteroatoms. The van der Waals surface area contributed by atoms with Crippen LogP contribution in [0, 0.1) is 0 Å². The van der Waals surface area contributed by atoms with Gasteiger partial charge in [-0.15, -0.1) is 13.2 Å². The molecule has 0 aliphatic heterocycles. The molecule has 0 saturated heterocycles. The summed E-state index contributed by atoms with van der Waals surface area (Å²) in [6.45, 7) is 0. The fourth-order valence-corrected chi connectivity index (χ4v) is 0.927. The zero-order valence-electron chi connectivity index (χ0n) is 7.91. The van der Waals surface area contributed by atoms with Gasteiger partial charge in [-0.25, -0.2) is 0 Å². The molecule has 0 unspecified atom stereocenters. The highest BCUT2D eigenvalue weighted by atomic mass is 19.4. The van der Waals surface area contributed by atoms with Crippen molar-refractivity contribution < 1.29 is 22.6 Å². The van der Waals surface area contributed by atoms with Crippen molar-refractivity contribution in [1.29, 1.82) is 0 Å².